The van der Waals surface area contributed by atoms with E-state index in [1.54, 1.807) is 30.3 Å². The number of carbonyl (C=O) groups is 1. The lowest BCUT2D eigenvalue weighted by Gasteiger charge is -2.04. The first-order valence-electron chi connectivity index (χ1n) is 7.44. The molecule has 0 spiro atoms. The highest BCUT2D eigenvalue weighted by atomic mass is 35.5. The first-order chi connectivity index (χ1) is 11.8. The van der Waals surface area contributed by atoms with Crippen molar-refractivity contribution in [1.29, 1.82) is 0 Å². The van der Waals surface area contributed by atoms with Crippen LogP contribution in [0.25, 0.3) is 10.2 Å². The Morgan fingerprint density at radius 1 is 1.20 bits per heavy atom. The van der Waals surface area contributed by atoms with Gasteiger partial charge >= 0.3 is 0 Å². The topological polar surface area (TPSA) is 76.1 Å². The maximum Gasteiger partial charge on any atom is 0.241 e. The quantitative estimate of drug-likeness (QED) is 0.713. The van der Waals surface area contributed by atoms with Crippen LogP contribution < -0.4 is 5.32 Å². The van der Waals surface area contributed by atoms with Gasteiger partial charge in [0.05, 0.1) is 21.0 Å². The summed E-state index contributed by atoms with van der Waals surface area (Å²) in [5, 5.41) is 3.45. The van der Waals surface area contributed by atoms with E-state index in [4.69, 9.17) is 11.6 Å². The summed E-state index contributed by atoms with van der Waals surface area (Å²) in [6.45, 7) is 1.90. The van der Waals surface area contributed by atoms with E-state index >= 15 is 0 Å². The van der Waals surface area contributed by atoms with Gasteiger partial charge in [0.25, 0.3) is 0 Å². The number of benzene rings is 2. The van der Waals surface area contributed by atoms with Gasteiger partial charge in [0, 0.05) is 0 Å². The van der Waals surface area contributed by atoms with Crippen molar-refractivity contribution in [3.63, 3.8) is 0 Å². The molecule has 1 amide bonds. The molecule has 130 valence electrons. The average molecular weight is 395 g/mol. The molecule has 0 fully saturated rings. The van der Waals surface area contributed by atoms with Crippen molar-refractivity contribution < 1.29 is 13.2 Å². The van der Waals surface area contributed by atoms with Gasteiger partial charge in [-0.15, -0.1) is 0 Å². The summed E-state index contributed by atoms with van der Waals surface area (Å²) < 4.78 is 25.1. The number of anilines is 1. The van der Waals surface area contributed by atoms with E-state index in [9.17, 15) is 13.2 Å². The Morgan fingerprint density at radius 2 is 1.92 bits per heavy atom. The lowest BCUT2D eigenvalue weighted by Crippen LogP contribution is -2.23. The molecular weight excluding hydrogens is 380 g/mol. The van der Waals surface area contributed by atoms with E-state index < -0.39 is 21.5 Å². The Kier molecular flexibility index (Phi) is 5.08. The fourth-order valence-corrected chi connectivity index (χ4v) is 4.90. The minimum Gasteiger partial charge on any atom is -0.301 e. The van der Waals surface area contributed by atoms with E-state index in [1.165, 1.54) is 11.3 Å². The summed E-state index contributed by atoms with van der Waals surface area (Å²) in [4.78, 5) is 16.4. The zero-order valence-corrected chi connectivity index (χ0v) is 15.7. The number of rotatable bonds is 5. The van der Waals surface area contributed by atoms with Crippen LogP contribution in [0.5, 0.6) is 0 Å². The molecule has 3 aromatic rings. The lowest BCUT2D eigenvalue weighted by atomic mass is 10.2. The number of aromatic nitrogens is 1. The van der Waals surface area contributed by atoms with E-state index in [-0.39, 0.29) is 5.75 Å². The Labute approximate surface area is 154 Å². The van der Waals surface area contributed by atoms with Gasteiger partial charge in [0.15, 0.2) is 15.0 Å². The van der Waals surface area contributed by atoms with Crippen LogP contribution in [0.15, 0.2) is 42.5 Å². The number of thiazole rings is 1. The summed E-state index contributed by atoms with van der Waals surface area (Å²) in [7, 11) is -3.56. The van der Waals surface area contributed by atoms with Gasteiger partial charge in [-0.05, 0) is 24.1 Å². The van der Waals surface area contributed by atoms with Crippen LogP contribution in [0.4, 0.5) is 5.13 Å². The molecular formula is C17H15ClN2O3S2. The third-order valence-electron chi connectivity index (χ3n) is 3.52. The van der Waals surface area contributed by atoms with Crippen molar-refractivity contribution in [3.8, 4) is 0 Å². The van der Waals surface area contributed by atoms with Crippen LogP contribution >= 0.6 is 22.9 Å². The molecule has 0 atom stereocenters. The van der Waals surface area contributed by atoms with Gasteiger partial charge in [-0.3, -0.25) is 4.79 Å². The normalized spacial score (nSPS) is 11.6. The second-order valence-electron chi connectivity index (χ2n) is 5.63. The third-order valence-corrected chi connectivity index (χ3v) is 6.43. The highest BCUT2D eigenvalue weighted by molar-refractivity contribution is 7.91. The maximum atomic E-state index is 12.2. The first-order valence-corrected chi connectivity index (χ1v) is 10.5. The van der Waals surface area contributed by atoms with Crippen molar-refractivity contribution in [1.82, 2.24) is 4.98 Å². The summed E-state index contributed by atoms with van der Waals surface area (Å²) in [5.41, 5.74) is 2.30. The zero-order valence-electron chi connectivity index (χ0n) is 13.3. The highest BCUT2D eigenvalue weighted by Gasteiger charge is 2.19. The molecule has 0 aliphatic carbocycles. The van der Waals surface area contributed by atoms with Crippen LogP contribution in [-0.4, -0.2) is 25.1 Å². The van der Waals surface area contributed by atoms with Crippen LogP contribution in [-0.2, 0) is 20.4 Å². The molecule has 8 heteroatoms. The zero-order chi connectivity index (χ0) is 18.0. The van der Waals surface area contributed by atoms with Crippen LogP contribution in [0.3, 0.4) is 0 Å². The van der Waals surface area contributed by atoms with Gasteiger partial charge in [0.1, 0.15) is 5.75 Å². The molecule has 0 aliphatic heterocycles. The van der Waals surface area contributed by atoms with Crippen LogP contribution in [0.2, 0.25) is 5.02 Å². The van der Waals surface area contributed by atoms with Gasteiger partial charge in [-0.2, -0.15) is 0 Å². The number of sulfone groups is 1. The second-order valence-corrected chi connectivity index (χ2v) is 9.10. The fraction of sp³-hybridized carbons (Fsp3) is 0.176. The largest absolute Gasteiger partial charge is 0.301 e. The Hall–Kier alpha value is -1.96. The molecule has 0 saturated carbocycles. The number of nitrogens with one attached hydrogen (secondary N) is 1. The van der Waals surface area contributed by atoms with Gasteiger partial charge in [-0.1, -0.05) is 59.3 Å². The fourth-order valence-electron chi connectivity index (χ4n) is 2.39. The molecule has 25 heavy (non-hydrogen) atoms. The van der Waals surface area contributed by atoms with E-state index in [1.807, 2.05) is 19.1 Å². The Bertz CT molecular complexity index is 992. The monoisotopic (exact) mass is 394 g/mol. The van der Waals surface area contributed by atoms with E-state index in [0.717, 1.165) is 10.3 Å². The third kappa shape index (κ3) is 4.36. The van der Waals surface area contributed by atoms with Crippen molar-refractivity contribution in [2.24, 2.45) is 0 Å². The number of fused-ring (bicyclic) bond motifs is 1. The van der Waals surface area contributed by atoms with Gasteiger partial charge in [0.2, 0.25) is 5.91 Å². The van der Waals surface area contributed by atoms with E-state index in [0.29, 0.717) is 21.2 Å². The second kappa shape index (κ2) is 7.11. The summed E-state index contributed by atoms with van der Waals surface area (Å²) in [6, 6.07) is 12.4. The molecule has 0 bridgehead atoms. The molecule has 3 rings (SSSR count). The van der Waals surface area contributed by atoms with Crippen LogP contribution in [0.1, 0.15) is 11.1 Å². The van der Waals surface area contributed by atoms with Crippen molar-refractivity contribution >= 4 is 54.0 Å². The number of amides is 1. The molecule has 2 aromatic carbocycles. The summed E-state index contributed by atoms with van der Waals surface area (Å²) >= 11 is 7.36. The number of nitrogens with zero attached hydrogens (tertiary/aromatic N) is 1. The smallest absolute Gasteiger partial charge is 0.241 e. The molecule has 5 nitrogen and oxygen atoms in total. The van der Waals surface area contributed by atoms with Gasteiger partial charge in [-0.25, -0.2) is 13.4 Å². The van der Waals surface area contributed by atoms with Crippen molar-refractivity contribution in [2.45, 2.75) is 12.7 Å². The molecule has 0 unspecified atom stereocenters. The Morgan fingerprint density at radius 3 is 2.60 bits per heavy atom. The predicted molar refractivity (Wildman–Crippen MR) is 102 cm³/mol. The highest BCUT2D eigenvalue weighted by Crippen LogP contribution is 2.33. The number of aryl methyl sites for hydroxylation is 1. The first kappa shape index (κ1) is 17.8. The maximum absolute atomic E-state index is 12.2. The molecule has 1 heterocycles. The minimum atomic E-state index is -3.56. The van der Waals surface area contributed by atoms with Crippen molar-refractivity contribution in [3.05, 3.63) is 58.6 Å². The molecule has 1 aromatic heterocycles. The predicted octanol–water partition coefficient (Wildman–Crippen LogP) is 3.81. The minimum absolute atomic E-state index is 0.175. The summed E-state index contributed by atoms with van der Waals surface area (Å²) in [6.07, 6.45) is 0. The van der Waals surface area contributed by atoms with Crippen LogP contribution in [0, 0.1) is 6.92 Å². The summed E-state index contributed by atoms with van der Waals surface area (Å²) in [5.74, 6) is -1.37. The molecule has 0 aliphatic rings. The van der Waals surface area contributed by atoms with Gasteiger partial charge < -0.3 is 5.32 Å². The molecule has 0 radical (unpaired) electrons. The number of halogens is 1. The lowest BCUT2D eigenvalue weighted by molar-refractivity contribution is -0.113. The Balaban J connectivity index is 1.72. The number of hydrogen-bond donors (Lipinski definition) is 1. The SMILES string of the molecule is Cc1ccc(Cl)c2sc(NC(=O)CS(=O)(=O)Cc3ccccc3)nc12. The van der Waals surface area contributed by atoms with E-state index in [2.05, 4.69) is 10.3 Å². The number of carbonyl (C=O) groups excluding carboxylic acids is 1. The number of hydrogen-bond acceptors (Lipinski definition) is 5. The molecule has 1 N–H and O–H groups in total. The standard InChI is InChI=1S/C17H15ClN2O3S2/c1-11-7-8-13(18)16-15(11)20-17(24-16)19-14(21)10-25(22,23)9-12-5-3-2-4-6-12/h2-8H,9-10H2,1H3,(H,19,20,21). The average Bonchev–Trinajstić information content (AvgIpc) is 2.95. The molecule has 0 saturated heterocycles. The van der Waals surface area contributed by atoms with Crippen molar-refractivity contribution in [2.75, 3.05) is 11.1 Å².